The molecular formula is C19H35NO3. The van der Waals surface area contributed by atoms with Crippen LogP contribution in [0.25, 0.3) is 0 Å². The minimum atomic E-state index is -0.127. The van der Waals surface area contributed by atoms with Crippen LogP contribution in [0.2, 0.25) is 0 Å². The Bertz CT molecular complexity index is 415. The summed E-state index contributed by atoms with van der Waals surface area (Å²) in [7, 11) is 0. The third-order valence-corrected chi connectivity index (χ3v) is 5.30. The van der Waals surface area contributed by atoms with Crippen LogP contribution in [0.4, 0.5) is 0 Å². The number of carbonyl (C=O) groups is 1. The molecule has 0 aliphatic carbocycles. The molecule has 0 unspecified atom stereocenters. The maximum Gasteiger partial charge on any atom is 0.220 e. The number of hydrogen-bond acceptors (Lipinski definition) is 3. The Morgan fingerprint density at radius 3 is 2.43 bits per heavy atom. The molecule has 0 radical (unpaired) electrons. The van der Waals surface area contributed by atoms with Gasteiger partial charge in [0.2, 0.25) is 5.91 Å². The van der Waals surface area contributed by atoms with Crippen molar-refractivity contribution in [1.82, 2.24) is 5.32 Å². The summed E-state index contributed by atoms with van der Waals surface area (Å²) in [6, 6.07) is 0.248. The normalized spacial score (nSPS) is 33.2. The molecule has 0 aromatic heterocycles. The van der Waals surface area contributed by atoms with Crippen molar-refractivity contribution in [3.8, 4) is 0 Å². The highest BCUT2D eigenvalue weighted by molar-refractivity contribution is 5.77. The van der Waals surface area contributed by atoms with E-state index in [1.165, 1.54) is 0 Å². The van der Waals surface area contributed by atoms with Gasteiger partial charge in [0.25, 0.3) is 0 Å². The van der Waals surface area contributed by atoms with Crippen molar-refractivity contribution in [2.24, 2.45) is 5.41 Å². The first-order valence-electron chi connectivity index (χ1n) is 9.23. The fraction of sp³-hybridized carbons (Fsp3) is 0.947. The zero-order chi connectivity index (χ0) is 17.1. The zero-order valence-electron chi connectivity index (χ0n) is 15.7. The predicted molar refractivity (Wildman–Crippen MR) is 92.4 cm³/mol. The molecule has 0 aromatic rings. The average Bonchev–Trinajstić information content (AvgIpc) is 2.35. The number of amides is 1. The zero-order valence-corrected chi connectivity index (χ0v) is 15.7. The summed E-state index contributed by atoms with van der Waals surface area (Å²) in [5.74, 6) is 0.207. The van der Waals surface area contributed by atoms with Gasteiger partial charge in [-0.3, -0.25) is 4.79 Å². The fourth-order valence-electron chi connectivity index (χ4n) is 4.54. The van der Waals surface area contributed by atoms with E-state index in [-0.39, 0.29) is 28.6 Å². The molecule has 2 aliphatic rings. The molecule has 0 bridgehead atoms. The Kier molecular flexibility index (Phi) is 5.78. The van der Waals surface area contributed by atoms with Crippen molar-refractivity contribution in [3.05, 3.63) is 0 Å². The molecule has 1 N–H and O–H groups in total. The molecule has 2 saturated heterocycles. The van der Waals surface area contributed by atoms with E-state index in [4.69, 9.17) is 9.47 Å². The van der Waals surface area contributed by atoms with Crippen molar-refractivity contribution >= 4 is 5.91 Å². The van der Waals surface area contributed by atoms with Crippen LogP contribution in [0, 0.1) is 5.41 Å². The summed E-state index contributed by atoms with van der Waals surface area (Å²) in [6.07, 6.45) is 6.64. The SMILES string of the molecule is CCC[C@@]1(CC(=O)N[C@@H]2CCOC(C)(C)C2)CCOC(C)(C)C1. The minimum absolute atomic E-state index is 0.0985. The van der Waals surface area contributed by atoms with Gasteiger partial charge in [-0.05, 0) is 65.2 Å². The molecule has 1 amide bonds. The van der Waals surface area contributed by atoms with Gasteiger partial charge in [0.1, 0.15) is 0 Å². The maximum absolute atomic E-state index is 12.7. The van der Waals surface area contributed by atoms with Crippen LogP contribution in [0.5, 0.6) is 0 Å². The van der Waals surface area contributed by atoms with Crippen molar-refractivity contribution in [1.29, 1.82) is 0 Å². The summed E-state index contributed by atoms with van der Waals surface area (Å²) in [5.41, 5.74) is -0.145. The van der Waals surface area contributed by atoms with Gasteiger partial charge in [-0.15, -0.1) is 0 Å². The molecule has 0 saturated carbocycles. The summed E-state index contributed by atoms with van der Waals surface area (Å²) >= 11 is 0. The second-order valence-corrected chi connectivity index (χ2v) is 8.83. The summed E-state index contributed by atoms with van der Waals surface area (Å²) in [4.78, 5) is 12.7. The van der Waals surface area contributed by atoms with Gasteiger partial charge in [0.15, 0.2) is 0 Å². The number of rotatable bonds is 5. The van der Waals surface area contributed by atoms with Crippen LogP contribution >= 0.6 is 0 Å². The number of ether oxygens (including phenoxy) is 2. The molecule has 134 valence electrons. The van der Waals surface area contributed by atoms with Gasteiger partial charge in [0.05, 0.1) is 11.2 Å². The minimum Gasteiger partial charge on any atom is -0.376 e. The van der Waals surface area contributed by atoms with Crippen LogP contribution in [-0.2, 0) is 14.3 Å². The molecule has 4 heteroatoms. The molecule has 2 rings (SSSR count). The van der Waals surface area contributed by atoms with Crippen molar-refractivity contribution in [2.75, 3.05) is 13.2 Å². The van der Waals surface area contributed by atoms with Crippen molar-refractivity contribution in [2.45, 2.75) is 96.8 Å². The molecular weight excluding hydrogens is 290 g/mol. The van der Waals surface area contributed by atoms with E-state index in [0.717, 1.165) is 51.7 Å². The Hall–Kier alpha value is -0.610. The summed E-state index contributed by atoms with van der Waals surface area (Å²) in [6.45, 7) is 12.2. The number of nitrogens with one attached hydrogen (secondary N) is 1. The van der Waals surface area contributed by atoms with E-state index in [9.17, 15) is 4.79 Å². The van der Waals surface area contributed by atoms with E-state index < -0.39 is 0 Å². The topological polar surface area (TPSA) is 47.6 Å². The molecule has 2 atom stereocenters. The second-order valence-electron chi connectivity index (χ2n) is 8.83. The quantitative estimate of drug-likeness (QED) is 0.836. The van der Waals surface area contributed by atoms with Crippen molar-refractivity contribution in [3.63, 3.8) is 0 Å². The second kappa shape index (κ2) is 7.10. The first kappa shape index (κ1) is 18.7. The molecule has 0 aromatic carbocycles. The largest absolute Gasteiger partial charge is 0.376 e. The molecule has 23 heavy (non-hydrogen) atoms. The summed E-state index contributed by atoms with van der Waals surface area (Å²) in [5, 5.41) is 3.27. The van der Waals surface area contributed by atoms with Crippen LogP contribution in [-0.4, -0.2) is 36.4 Å². The Morgan fingerprint density at radius 1 is 1.13 bits per heavy atom. The first-order chi connectivity index (χ1) is 10.7. The van der Waals surface area contributed by atoms with Gasteiger partial charge in [0, 0.05) is 25.7 Å². The highest BCUT2D eigenvalue weighted by Crippen LogP contribution is 2.45. The highest BCUT2D eigenvalue weighted by atomic mass is 16.5. The number of carbonyl (C=O) groups excluding carboxylic acids is 1. The van der Waals surface area contributed by atoms with E-state index in [2.05, 4.69) is 39.9 Å². The van der Waals surface area contributed by atoms with Crippen LogP contribution < -0.4 is 5.32 Å². The summed E-state index contributed by atoms with van der Waals surface area (Å²) < 4.78 is 11.6. The predicted octanol–water partition coefficient (Wildman–Crippen LogP) is 3.83. The van der Waals surface area contributed by atoms with Gasteiger partial charge in [-0.25, -0.2) is 0 Å². The molecule has 2 aliphatic heterocycles. The Labute approximate surface area is 141 Å². The smallest absolute Gasteiger partial charge is 0.220 e. The lowest BCUT2D eigenvalue weighted by molar-refractivity contribution is -0.136. The van der Waals surface area contributed by atoms with E-state index in [1.807, 2.05) is 0 Å². The van der Waals surface area contributed by atoms with Gasteiger partial charge < -0.3 is 14.8 Å². The Balaban J connectivity index is 1.95. The van der Waals surface area contributed by atoms with Crippen LogP contribution in [0.3, 0.4) is 0 Å². The van der Waals surface area contributed by atoms with Gasteiger partial charge >= 0.3 is 0 Å². The molecule has 2 heterocycles. The number of hydrogen-bond donors (Lipinski definition) is 1. The standard InChI is InChI=1S/C19H35NO3/c1-6-8-19(9-11-23-18(4,5)14-19)13-16(21)20-15-7-10-22-17(2,3)12-15/h15H,6-14H2,1-5H3,(H,20,21)/t15-,19+/m1/s1. The first-order valence-corrected chi connectivity index (χ1v) is 9.23. The lowest BCUT2D eigenvalue weighted by Gasteiger charge is -2.45. The van der Waals surface area contributed by atoms with E-state index in [1.54, 1.807) is 0 Å². The third kappa shape index (κ3) is 5.46. The van der Waals surface area contributed by atoms with Crippen molar-refractivity contribution < 1.29 is 14.3 Å². The monoisotopic (exact) mass is 325 g/mol. The lowest BCUT2D eigenvalue weighted by atomic mass is 9.69. The average molecular weight is 325 g/mol. The maximum atomic E-state index is 12.7. The van der Waals surface area contributed by atoms with Crippen LogP contribution in [0.15, 0.2) is 0 Å². The third-order valence-electron chi connectivity index (χ3n) is 5.30. The van der Waals surface area contributed by atoms with E-state index in [0.29, 0.717) is 6.42 Å². The van der Waals surface area contributed by atoms with E-state index >= 15 is 0 Å². The van der Waals surface area contributed by atoms with Gasteiger partial charge in [-0.1, -0.05) is 13.3 Å². The fourth-order valence-corrected chi connectivity index (χ4v) is 4.54. The molecule has 2 fully saturated rings. The Morgan fingerprint density at radius 2 is 1.83 bits per heavy atom. The van der Waals surface area contributed by atoms with Gasteiger partial charge in [-0.2, -0.15) is 0 Å². The van der Waals surface area contributed by atoms with Crippen LogP contribution in [0.1, 0.15) is 79.6 Å². The highest BCUT2D eigenvalue weighted by Gasteiger charge is 2.42. The molecule has 0 spiro atoms. The lowest BCUT2D eigenvalue weighted by Crippen LogP contribution is -2.48. The molecule has 4 nitrogen and oxygen atoms in total.